The van der Waals surface area contributed by atoms with Crippen LogP contribution in [-0.2, 0) is 0 Å². The molecular formula is C12H9ClN2O4. The minimum Gasteiger partial charge on any atom is -0.478 e. The van der Waals surface area contributed by atoms with E-state index < -0.39 is 11.9 Å². The molecule has 1 amide bonds. The van der Waals surface area contributed by atoms with Gasteiger partial charge in [0.1, 0.15) is 0 Å². The maximum atomic E-state index is 11.8. The summed E-state index contributed by atoms with van der Waals surface area (Å²) >= 11 is 5.73. The van der Waals surface area contributed by atoms with Crippen LogP contribution in [0.4, 0.5) is 5.69 Å². The van der Waals surface area contributed by atoms with Crippen LogP contribution in [-0.4, -0.2) is 22.1 Å². The Balaban J connectivity index is 2.22. The fourth-order valence-corrected chi connectivity index (χ4v) is 1.63. The molecule has 0 saturated heterocycles. The largest absolute Gasteiger partial charge is 0.478 e. The van der Waals surface area contributed by atoms with Gasteiger partial charge in [0.05, 0.1) is 16.3 Å². The second-order valence-electron chi connectivity index (χ2n) is 3.79. The lowest BCUT2D eigenvalue weighted by Gasteiger charge is -2.05. The molecule has 7 heteroatoms. The molecule has 0 spiro atoms. The molecule has 0 fully saturated rings. The van der Waals surface area contributed by atoms with Crippen molar-refractivity contribution in [3.05, 3.63) is 46.3 Å². The van der Waals surface area contributed by atoms with Gasteiger partial charge in [-0.3, -0.25) is 4.79 Å². The third-order valence-corrected chi connectivity index (χ3v) is 2.64. The molecule has 0 aliphatic heterocycles. The fourth-order valence-electron chi connectivity index (χ4n) is 1.43. The monoisotopic (exact) mass is 280 g/mol. The lowest BCUT2D eigenvalue weighted by Crippen LogP contribution is -2.11. The summed E-state index contributed by atoms with van der Waals surface area (Å²) in [6.45, 7) is 1.69. The molecule has 0 radical (unpaired) electrons. The number of nitrogens with one attached hydrogen (secondary N) is 1. The predicted molar refractivity (Wildman–Crippen MR) is 67.6 cm³/mol. The third kappa shape index (κ3) is 2.92. The summed E-state index contributed by atoms with van der Waals surface area (Å²) in [5.74, 6) is -1.64. The van der Waals surface area contributed by atoms with Gasteiger partial charge >= 0.3 is 5.97 Å². The third-order valence-electron chi connectivity index (χ3n) is 2.31. The molecule has 6 nitrogen and oxygen atoms in total. The molecule has 0 aliphatic rings. The molecule has 0 unspecified atom stereocenters. The van der Waals surface area contributed by atoms with E-state index in [2.05, 4.69) is 10.5 Å². The molecule has 2 rings (SSSR count). The molecule has 2 aromatic rings. The van der Waals surface area contributed by atoms with Gasteiger partial charge in [0.15, 0.2) is 0 Å². The van der Waals surface area contributed by atoms with Gasteiger partial charge < -0.3 is 14.9 Å². The van der Waals surface area contributed by atoms with Crippen molar-refractivity contribution in [2.75, 3.05) is 5.32 Å². The van der Waals surface area contributed by atoms with Gasteiger partial charge in [-0.2, -0.15) is 0 Å². The maximum Gasteiger partial charge on any atom is 0.337 e. The number of carbonyl (C=O) groups excluding carboxylic acids is 1. The number of anilines is 1. The highest BCUT2D eigenvalue weighted by molar-refractivity contribution is 6.33. The second-order valence-corrected chi connectivity index (χ2v) is 4.19. The number of carboxylic acid groups (broad SMARTS) is 1. The number of halogens is 1. The van der Waals surface area contributed by atoms with Gasteiger partial charge in [0, 0.05) is 11.8 Å². The number of aromatic carboxylic acids is 1. The number of benzene rings is 1. The lowest BCUT2D eigenvalue weighted by molar-refractivity contribution is 0.0696. The van der Waals surface area contributed by atoms with Crippen molar-refractivity contribution in [1.29, 1.82) is 0 Å². The van der Waals surface area contributed by atoms with E-state index in [0.29, 0.717) is 11.4 Å². The number of hydrogen-bond acceptors (Lipinski definition) is 4. The molecular weight excluding hydrogens is 272 g/mol. The molecule has 0 atom stereocenters. The predicted octanol–water partition coefficient (Wildman–Crippen LogP) is 2.59. The van der Waals surface area contributed by atoms with Crippen LogP contribution >= 0.6 is 11.6 Å². The van der Waals surface area contributed by atoms with Crippen molar-refractivity contribution >= 4 is 29.2 Å². The highest BCUT2D eigenvalue weighted by Crippen LogP contribution is 2.21. The Morgan fingerprint density at radius 3 is 2.68 bits per heavy atom. The summed E-state index contributed by atoms with van der Waals surface area (Å²) in [7, 11) is 0. The van der Waals surface area contributed by atoms with Crippen LogP contribution < -0.4 is 5.32 Å². The molecule has 1 aromatic heterocycles. The Labute approximate surface area is 113 Å². The SMILES string of the molecule is Cc1cc(C(=O)Nc2ccc(Cl)c(C(=O)O)c2)on1. The van der Waals surface area contributed by atoms with Crippen molar-refractivity contribution < 1.29 is 19.2 Å². The van der Waals surface area contributed by atoms with Crippen LogP contribution in [0.25, 0.3) is 0 Å². The summed E-state index contributed by atoms with van der Waals surface area (Å²) < 4.78 is 4.80. The molecule has 1 heterocycles. The van der Waals surface area contributed by atoms with Gasteiger partial charge in [-0.15, -0.1) is 0 Å². The number of nitrogens with zero attached hydrogens (tertiary/aromatic N) is 1. The van der Waals surface area contributed by atoms with Crippen molar-refractivity contribution in [1.82, 2.24) is 5.16 Å². The van der Waals surface area contributed by atoms with E-state index in [4.69, 9.17) is 21.2 Å². The number of carboxylic acids is 1. The molecule has 1 aromatic carbocycles. The van der Waals surface area contributed by atoms with E-state index in [1.807, 2.05) is 0 Å². The molecule has 98 valence electrons. The smallest absolute Gasteiger partial charge is 0.337 e. The molecule has 2 N–H and O–H groups in total. The number of carbonyl (C=O) groups is 2. The normalized spacial score (nSPS) is 10.2. The lowest BCUT2D eigenvalue weighted by atomic mass is 10.2. The molecule has 0 aliphatic carbocycles. The van der Waals surface area contributed by atoms with E-state index >= 15 is 0 Å². The van der Waals surface area contributed by atoms with Gasteiger partial charge in [0.25, 0.3) is 5.91 Å². The quantitative estimate of drug-likeness (QED) is 0.901. The Morgan fingerprint density at radius 2 is 2.11 bits per heavy atom. The van der Waals surface area contributed by atoms with Crippen molar-refractivity contribution in [2.24, 2.45) is 0 Å². The van der Waals surface area contributed by atoms with Crippen molar-refractivity contribution in [3.63, 3.8) is 0 Å². The van der Waals surface area contributed by atoms with E-state index in [-0.39, 0.29) is 16.3 Å². The first-order valence-corrected chi connectivity index (χ1v) is 5.62. The van der Waals surface area contributed by atoms with E-state index in [9.17, 15) is 9.59 Å². The number of hydrogen-bond donors (Lipinski definition) is 2. The molecule has 0 saturated carbocycles. The number of amides is 1. The van der Waals surface area contributed by atoms with Crippen molar-refractivity contribution in [3.8, 4) is 0 Å². The molecule has 19 heavy (non-hydrogen) atoms. The standard InChI is InChI=1S/C12H9ClN2O4/c1-6-4-10(19-15-6)11(16)14-7-2-3-9(13)8(5-7)12(17)18/h2-5H,1H3,(H,14,16)(H,17,18). The van der Waals surface area contributed by atoms with Crippen molar-refractivity contribution in [2.45, 2.75) is 6.92 Å². The van der Waals surface area contributed by atoms with Gasteiger partial charge in [-0.05, 0) is 25.1 Å². The number of aryl methyl sites for hydroxylation is 1. The summed E-state index contributed by atoms with van der Waals surface area (Å²) in [6.07, 6.45) is 0. The summed E-state index contributed by atoms with van der Waals surface area (Å²) in [6, 6.07) is 5.64. The average Bonchev–Trinajstić information content (AvgIpc) is 2.78. The first kappa shape index (κ1) is 13.1. The minimum absolute atomic E-state index is 0.0457. The highest BCUT2D eigenvalue weighted by Gasteiger charge is 2.14. The van der Waals surface area contributed by atoms with Gasteiger partial charge in [-0.1, -0.05) is 16.8 Å². The summed E-state index contributed by atoms with van der Waals surface area (Å²) in [5.41, 5.74) is 0.793. The Morgan fingerprint density at radius 1 is 1.37 bits per heavy atom. The summed E-state index contributed by atoms with van der Waals surface area (Å²) in [4.78, 5) is 22.7. The van der Waals surface area contributed by atoms with Crippen LogP contribution in [0, 0.1) is 6.92 Å². The average molecular weight is 281 g/mol. The first-order chi connectivity index (χ1) is 8.97. The van der Waals surface area contributed by atoms with E-state index in [1.165, 1.54) is 24.3 Å². The Bertz CT molecular complexity index is 651. The van der Waals surface area contributed by atoms with E-state index in [1.54, 1.807) is 6.92 Å². The maximum absolute atomic E-state index is 11.8. The van der Waals surface area contributed by atoms with Gasteiger partial charge in [-0.25, -0.2) is 4.79 Å². The first-order valence-electron chi connectivity index (χ1n) is 5.25. The molecule has 0 bridgehead atoms. The Kier molecular flexibility index (Phi) is 3.52. The zero-order valence-electron chi connectivity index (χ0n) is 9.81. The number of rotatable bonds is 3. The highest BCUT2D eigenvalue weighted by atomic mass is 35.5. The zero-order chi connectivity index (χ0) is 14.0. The minimum atomic E-state index is -1.17. The fraction of sp³-hybridized carbons (Fsp3) is 0.0833. The topological polar surface area (TPSA) is 92.4 Å². The number of aromatic nitrogens is 1. The van der Waals surface area contributed by atoms with Crippen LogP contribution in [0.5, 0.6) is 0 Å². The summed E-state index contributed by atoms with van der Waals surface area (Å²) in [5, 5.41) is 15.1. The van der Waals surface area contributed by atoms with Crippen LogP contribution in [0.1, 0.15) is 26.6 Å². The zero-order valence-corrected chi connectivity index (χ0v) is 10.6. The van der Waals surface area contributed by atoms with Crippen LogP contribution in [0.3, 0.4) is 0 Å². The van der Waals surface area contributed by atoms with Gasteiger partial charge in [0.2, 0.25) is 5.76 Å². The van der Waals surface area contributed by atoms with E-state index in [0.717, 1.165) is 0 Å². The van der Waals surface area contributed by atoms with Crippen LogP contribution in [0.15, 0.2) is 28.8 Å². The van der Waals surface area contributed by atoms with Crippen LogP contribution in [0.2, 0.25) is 5.02 Å². The second kappa shape index (κ2) is 5.11. The Hall–Kier alpha value is -2.34.